The van der Waals surface area contributed by atoms with Gasteiger partial charge in [0.05, 0.1) is 24.8 Å². The predicted molar refractivity (Wildman–Crippen MR) is 122 cm³/mol. The maximum absolute atomic E-state index is 13.3. The van der Waals surface area contributed by atoms with Crippen molar-refractivity contribution in [3.8, 4) is 0 Å². The van der Waals surface area contributed by atoms with Gasteiger partial charge in [-0.25, -0.2) is 0 Å². The van der Waals surface area contributed by atoms with Gasteiger partial charge in [0, 0.05) is 30.6 Å². The molecule has 0 fully saturated rings. The lowest BCUT2D eigenvalue weighted by atomic mass is 10.0. The van der Waals surface area contributed by atoms with Gasteiger partial charge in [-0.1, -0.05) is 36.8 Å². The van der Waals surface area contributed by atoms with E-state index in [2.05, 4.69) is 10.1 Å². The molecule has 1 atom stereocenters. The van der Waals surface area contributed by atoms with Gasteiger partial charge in [-0.15, -0.1) is 0 Å². The summed E-state index contributed by atoms with van der Waals surface area (Å²) in [6, 6.07) is 14.7. The first kappa shape index (κ1) is 22.5. The maximum Gasteiger partial charge on any atom is 0.307 e. The molecule has 1 N–H and O–H groups in total. The molecule has 0 radical (unpaired) electrons. The maximum atomic E-state index is 13.3. The highest BCUT2D eigenvalue weighted by atomic mass is 16.5. The number of methoxy groups -OCH3 is 1. The monoisotopic (exact) mass is 449 g/mol. The predicted octanol–water partition coefficient (Wildman–Crippen LogP) is 3.04. The van der Waals surface area contributed by atoms with Crippen molar-refractivity contribution in [3.63, 3.8) is 0 Å². The van der Waals surface area contributed by atoms with Crippen LogP contribution in [0.25, 0.3) is 0 Å². The highest BCUT2D eigenvalue weighted by molar-refractivity contribution is 6.16. The third-order valence-corrected chi connectivity index (χ3v) is 6.06. The molecular weight excluding hydrogens is 422 g/mol. The number of amides is 3. The van der Waals surface area contributed by atoms with E-state index in [1.165, 1.54) is 7.11 Å². The number of nitrogens with one attached hydrogen (secondary N) is 1. The first-order chi connectivity index (χ1) is 16.0. The molecule has 2 aliphatic heterocycles. The number of benzene rings is 2. The van der Waals surface area contributed by atoms with Crippen molar-refractivity contribution in [2.45, 2.75) is 38.3 Å². The number of unbranched alkanes of at least 4 members (excludes halogenated alkanes) is 2. The Hall–Kier alpha value is -3.68. The summed E-state index contributed by atoms with van der Waals surface area (Å²) in [5, 5.41) is 2.70. The van der Waals surface area contributed by atoms with Crippen molar-refractivity contribution < 1.29 is 23.9 Å². The van der Waals surface area contributed by atoms with Crippen LogP contribution in [0.15, 0.2) is 48.5 Å². The third kappa shape index (κ3) is 4.46. The zero-order valence-electron chi connectivity index (χ0n) is 18.6. The molecule has 0 saturated heterocycles. The summed E-state index contributed by atoms with van der Waals surface area (Å²) in [5.41, 5.74) is 2.64. The molecule has 33 heavy (non-hydrogen) atoms. The van der Waals surface area contributed by atoms with Crippen molar-refractivity contribution in [1.29, 1.82) is 0 Å². The SMILES string of the molecule is COC(=O)CCNC(=O)CCCCCN1C(=O)c2ccccc2N2C(=O)c3ccccc3C12. The van der Waals surface area contributed by atoms with E-state index in [1.54, 1.807) is 21.9 Å². The van der Waals surface area contributed by atoms with Gasteiger partial charge >= 0.3 is 5.97 Å². The van der Waals surface area contributed by atoms with E-state index in [0.717, 1.165) is 12.0 Å². The summed E-state index contributed by atoms with van der Waals surface area (Å²) in [7, 11) is 1.31. The standard InChI is InChI=1S/C25H27N3O5/c1-33-22(30)14-15-26-21(29)13-3-2-8-16-27-23-17-9-4-5-10-18(17)25(32)28(23)20-12-7-6-11-19(20)24(27)31/h4-7,9-12,23H,2-3,8,13-16H2,1H3,(H,26,29). The van der Waals surface area contributed by atoms with Gasteiger partial charge in [0.25, 0.3) is 11.8 Å². The minimum Gasteiger partial charge on any atom is -0.469 e. The zero-order valence-corrected chi connectivity index (χ0v) is 18.6. The van der Waals surface area contributed by atoms with Crippen LogP contribution in [-0.2, 0) is 14.3 Å². The van der Waals surface area contributed by atoms with E-state index >= 15 is 0 Å². The molecule has 0 saturated carbocycles. The quantitative estimate of drug-likeness (QED) is 0.469. The molecule has 0 aromatic heterocycles. The van der Waals surface area contributed by atoms with E-state index in [-0.39, 0.29) is 36.7 Å². The van der Waals surface area contributed by atoms with Gasteiger partial charge in [-0.2, -0.15) is 0 Å². The second kappa shape index (κ2) is 9.85. The fourth-order valence-electron chi connectivity index (χ4n) is 4.44. The third-order valence-electron chi connectivity index (χ3n) is 6.06. The summed E-state index contributed by atoms with van der Waals surface area (Å²) in [6.07, 6.45) is 2.21. The summed E-state index contributed by atoms with van der Waals surface area (Å²) in [6.45, 7) is 0.748. The van der Waals surface area contributed by atoms with Crippen LogP contribution in [0.5, 0.6) is 0 Å². The lowest BCUT2D eigenvalue weighted by Gasteiger charge is -2.41. The number of fused-ring (bicyclic) bond motifs is 5. The fraction of sp³-hybridized carbons (Fsp3) is 0.360. The molecule has 2 aromatic rings. The number of rotatable bonds is 9. The second-order valence-electron chi connectivity index (χ2n) is 8.14. The Morgan fingerprint density at radius 1 is 0.909 bits per heavy atom. The van der Waals surface area contributed by atoms with Gasteiger partial charge < -0.3 is 15.0 Å². The van der Waals surface area contributed by atoms with Crippen LogP contribution < -0.4 is 10.2 Å². The van der Waals surface area contributed by atoms with Crippen molar-refractivity contribution in [2.24, 2.45) is 0 Å². The Kier molecular flexibility index (Phi) is 6.72. The molecule has 0 bridgehead atoms. The molecule has 172 valence electrons. The Morgan fingerprint density at radius 2 is 1.64 bits per heavy atom. The highest BCUT2D eigenvalue weighted by Gasteiger charge is 2.47. The van der Waals surface area contributed by atoms with Gasteiger partial charge in [0.15, 0.2) is 0 Å². The number of carbonyl (C=O) groups is 4. The van der Waals surface area contributed by atoms with Crippen LogP contribution in [0, 0.1) is 0 Å². The molecule has 3 amide bonds. The van der Waals surface area contributed by atoms with Gasteiger partial charge in [-0.3, -0.25) is 24.1 Å². The van der Waals surface area contributed by atoms with Crippen molar-refractivity contribution in [1.82, 2.24) is 10.2 Å². The fourth-order valence-corrected chi connectivity index (χ4v) is 4.44. The first-order valence-corrected chi connectivity index (χ1v) is 11.2. The molecule has 2 heterocycles. The molecule has 2 aliphatic rings. The average Bonchev–Trinajstić information content (AvgIpc) is 3.13. The number of esters is 1. The van der Waals surface area contributed by atoms with Crippen LogP contribution in [0.1, 0.15) is 64.5 Å². The number of hydrogen-bond donors (Lipinski definition) is 1. The van der Waals surface area contributed by atoms with Gasteiger partial charge in [0.2, 0.25) is 5.91 Å². The normalized spacial score (nSPS) is 16.2. The number of carbonyl (C=O) groups excluding carboxylic acids is 4. The Labute approximate surface area is 192 Å². The number of ether oxygens (including phenoxy) is 1. The number of hydrogen-bond acceptors (Lipinski definition) is 5. The van der Waals surface area contributed by atoms with E-state index in [4.69, 9.17) is 0 Å². The smallest absolute Gasteiger partial charge is 0.307 e. The van der Waals surface area contributed by atoms with Crippen LogP contribution >= 0.6 is 0 Å². The molecule has 1 unspecified atom stereocenters. The topological polar surface area (TPSA) is 96.0 Å². The van der Waals surface area contributed by atoms with Crippen LogP contribution in [0.3, 0.4) is 0 Å². The van der Waals surface area contributed by atoms with E-state index in [0.29, 0.717) is 42.6 Å². The summed E-state index contributed by atoms with van der Waals surface area (Å²) in [4.78, 5) is 53.0. The van der Waals surface area contributed by atoms with Crippen LogP contribution in [0.4, 0.5) is 5.69 Å². The van der Waals surface area contributed by atoms with Gasteiger partial charge in [0.1, 0.15) is 6.17 Å². The summed E-state index contributed by atoms with van der Waals surface area (Å²) in [5.74, 6) is -0.645. The average molecular weight is 450 g/mol. The second-order valence-corrected chi connectivity index (χ2v) is 8.14. The lowest BCUT2D eigenvalue weighted by Crippen LogP contribution is -2.48. The minimum absolute atomic E-state index is 0.0862. The van der Waals surface area contributed by atoms with Crippen molar-refractivity contribution >= 4 is 29.4 Å². The molecule has 8 nitrogen and oxygen atoms in total. The summed E-state index contributed by atoms with van der Waals surface area (Å²) < 4.78 is 4.54. The molecular formula is C25H27N3O5. The van der Waals surface area contributed by atoms with E-state index in [1.807, 2.05) is 36.4 Å². The molecule has 4 rings (SSSR count). The van der Waals surface area contributed by atoms with Crippen LogP contribution in [-0.4, -0.2) is 48.8 Å². The largest absolute Gasteiger partial charge is 0.469 e. The number of anilines is 1. The van der Waals surface area contributed by atoms with Crippen molar-refractivity contribution in [3.05, 3.63) is 65.2 Å². The molecule has 0 aliphatic carbocycles. The van der Waals surface area contributed by atoms with Gasteiger partial charge in [-0.05, 0) is 31.0 Å². The summed E-state index contributed by atoms with van der Waals surface area (Å²) >= 11 is 0. The molecule has 2 aromatic carbocycles. The Morgan fingerprint density at radius 3 is 2.42 bits per heavy atom. The van der Waals surface area contributed by atoms with E-state index < -0.39 is 6.17 Å². The van der Waals surface area contributed by atoms with Crippen molar-refractivity contribution in [2.75, 3.05) is 25.1 Å². The van der Waals surface area contributed by atoms with Crippen LogP contribution in [0.2, 0.25) is 0 Å². The first-order valence-electron chi connectivity index (χ1n) is 11.2. The molecule has 8 heteroatoms. The Balaban J connectivity index is 1.38. The lowest BCUT2D eigenvalue weighted by molar-refractivity contribution is -0.140. The number of nitrogens with zero attached hydrogens (tertiary/aromatic N) is 2. The minimum atomic E-state index is -0.447. The highest BCUT2D eigenvalue weighted by Crippen LogP contribution is 2.45. The molecule has 0 spiro atoms. The Bertz CT molecular complexity index is 1080. The van der Waals surface area contributed by atoms with E-state index in [9.17, 15) is 19.2 Å². The zero-order chi connectivity index (χ0) is 23.4. The number of para-hydroxylation sites is 1.